The van der Waals surface area contributed by atoms with E-state index in [1.807, 2.05) is 6.07 Å². The average molecular weight is 570 g/mol. The molecule has 4 rings (SSSR count). The largest absolute Gasteiger partial charge is 0.467 e. The molecule has 3 amide bonds. The summed E-state index contributed by atoms with van der Waals surface area (Å²) in [5, 5.41) is 26.6. The molecule has 12 nitrogen and oxygen atoms in total. The summed E-state index contributed by atoms with van der Waals surface area (Å²) in [5.74, 6) is -0.473. The number of aromatic nitrogens is 1. The maximum atomic E-state index is 13.0. The van der Waals surface area contributed by atoms with Crippen LogP contribution in [-0.4, -0.2) is 48.4 Å². The maximum absolute atomic E-state index is 13.0. The van der Waals surface area contributed by atoms with Crippen molar-refractivity contribution in [3.05, 3.63) is 83.8 Å². The number of pyridine rings is 1. The van der Waals surface area contributed by atoms with E-state index < -0.39 is 17.9 Å². The SMILES string of the molecule is COCOc1ccccc1-c1nc(NC(=O)c2ccco2)c(C#N)c(-c2cccc(NC(=O)CCNC(=O)O)c2)c1C. The molecule has 0 unspecified atom stereocenters. The van der Waals surface area contributed by atoms with Crippen LogP contribution >= 0.6 is 0 Å². The number of hydrogen-bond donors (Lipinski definition) is 4. The van der Waals surface area contributed by atoms with Crippen LogP contribution in [0.1, 0.15) is 28.1 Å². The summed E-state index contributed by atoms with van der Waals surface area (Å²) < 4.78 is 16.1. The Morgan fingerprint density at radius 3 is 2.60 bits per heavy atom. The first-order chi connectivity index (χ1) is 20.3. The molecule has 0 saturated carbocycles. The molecule has 12 heteroatoms. The van der Waals surface area contributed by atoms with Gasteiger partial charge in [0.2, 0.25) is 5.91 Å². The Balaban J connectivity index is 1.83. The van der Waals surface area contributed by atoms with Gasteiger partial charge in [0.15, 0.2) is 18.4 Å². The molecule has 214 valence electrons. The van der Waals surface area contributed by atoms with Gasteiger partial charge in [-0.15, -0.1) is 0 Å². The number of methoxy groups -OCH3 is 1. The second-order valence-corrected chi connectivity index (χ2v) is 8.89. The van der Waals surface area contributed by atoms with Crippen LogP contribution in [0.3, 0.4) is 0 Å². The zero-order valence-electron chi connectivity index (χ0n) is 22.8. The number of hydrogen-bond acceptors (Lipinski definition) is 8. The molecule has 4 N–H and O–H groups in total. The van der Waals surface area contributed by atoms with E-state index in [2.05, 4.69) is 22.0 Å². The van der Waals surface area contributed by atoms with E-state index in [1.54, 1.807) is 55.5 Å². The second-order valence-electron chi connectivity index (χ2n) is 8.89. The smallest absolute Gasteiger partial charge is 0.404 e. The Morgan fingerprint density at radius 1 is 1.07 bits per heavy atom. The van der Waals surface area contributed by atoms with Gasteiger partial charge in [-0.1, -0.05) is 24.3 Å². The molecule has 0 aliphatic heterocycles. The minimum atomic E-state index is -1.22. The van der Waals surface area contributed by atoms with Crippen LogP contribution in [-0.2, 0) is 9.53 Å². The summed E-state index contributed by atoms with van der Waals surface area (Å²) in [6, 6.07) is 19.2. The zero-order chi connectivity index (χ0) is 30.1. The van der Waals surface area contributed by atoms with E-state index in [1.165, 1.54) is 19.4 Å². The Bertz CT molecular complexity index is 1640. The Kier molecular flexibility index (Phi) is 9.49. The van der Waals surface area contributed by atoms with Crippen molar-refractivity contribution in [1.82, 2.24) is 10.3 Å². The highest BCUT2D eigenvalue weighted by Gasteiger charge is 2.24. The monoisotopic (exact) mass is 569 g/mol. The van der Waals surface area contributed by atoms with E-state index in [9.17, 15) is 19.6 Å². The van der Waals surface area contributed by atoms with Gasteiger partial charge in [-0.2, -0.15) is 5.26 Å². The summed E-state index contributed by atoms with van der Waals surface area (Å²) in [5.41, 5.74) is 3.23. The molecular formula is C30H27N5O7. The van der Waals surface area contributed by atoms with E-state index in [0.717, 1.165) is 0 Å². The fraction of sp³-hybridized carbons (Fsp3) is 0.167. The van der Waals surface area contributed by atoms with Crippen LogP contribution in [0.15, 0.2) is 71.3 Å². The fourth-order valence-corrected chi connectivity index (χ4v) is 4.24. The van der Waals surface area contributed by atoms with Crippen molar-refractivity contribution in [2.75, 3.05) is 31.1 Å². The first-order valence-corrected chi connectivity index (χ1v) is 12.7. The van der Waals surface area contributed by atoms with Crippen molar-refractivity contribution >= 4 is 29.4 Å². The topological polar surface area (TPSA) is 176 Å². The first kappa shape index (κ1) is 29.3. The predicted molar refractivity (Wildman–Crippen MR) is 153 cm³/mol. The molecule has 0 saturated heterocycles. The summed E-state index contributed by atoms with van der Waals surface area (Å²) in [7, 11) is 1.50. The maximum Gasteiger partial charge on any atom is 0.404 e. The van der Waals surface area contributed by atoms with Crippen LogP contribution in [0, 0.1) is 18.3 Å². The summed E-state index contributed by atoms with van der Waals surface area (Å²) in [6.45, 7) is 1.74. The van der Waals surface area contributed by atoms with E-state index in [0.29, 0.717) is 39.4 Å². The Hall–Kier alpha value is -5.67. The molecule has 0 radical (unpaired) electrons. The second kappa shape index (κ2) is 13.6. The number of para-hydroxylation sites is 1. The molecule has 0 spiro atoms. The lowest BCUT2D eigenvalue weighted by Crippen LogP contribution is -2.25. The third kappa shape index (κ3) is 6.90. The van der Waals surface area contributed by atoms with Gasteiger partial charge in [0.25, 0.3) is 5.91 Å². The molecule has 0 fully saturated rings. The molecule has 0 atom stereocenters. The van der Waals surface area contributed by atoms with Gasteiger partial charge in [0, 0.05) is 36.9 Å². The third-order valence-corrected chi connectivity index (χ3v) is 6.07. The van der Waals surface area contributed by atoms with Crippen molar-refractivity contribution < 1.29 is 33.4 Å². The number of carbonyl (C=O) groups is 3. The van der Waals surface area contributed by atoms with Crippen molar-refractivity contribution in [3.8, 4) is 34.2 Å². The number of ether oxygens (including phenoxy) is 2. The quantitative estimate of drug-likeness (QED) is 0.181. The lowest BCUT2D eigenvalue weighted by atomic mass is 9.92. The molecule has 0 aliphatic carbocycles. The number of nitriles is 1. The van der Waals surface area contributed by atoms with Gasteiger partial charge < -0.3 is 34.9 Å². The lowest BCUT2D eigenvalue weighted by Gasteiger charge is -2.19. The number of nitrogens with one attached hydrogen (secondary N) is 3. The van der Waals surface area contributed by atoms with Crippen LogP contribution in [0.25, 0.3) is 22.4 Å². The lowest BCUT2D eigenvalue weighted by molar-refractivity contribution is -0.116. The number of benzene rings is 2. The standard InChI is InChI=1S/C30H27N5O7/c1-18-26(19-7-5-8-20(15-19)33-25(36)12-13-32-30(38)39)22(16-31)28(35-29(37)24-11-6-14-41-24)34-27(18)21-9-3-4-10-23(21)42-17-40-2/h3-11,14-15,32H,12-13,17H2,1-2H3,(H,33,36)(H,38,39)(H,34,35,37). The zero-order valence-corrected chi connectivity index (χ0v) is 22.8. The van der Waals surface area contributed by atoms with Gasteiger partial charge >= 0.3 is 6.09 Å². The summed E-state index contributed by atoms with van der Waals surface area (Å²) >= 11 is 0. The molecule has 2 aromatic carbocycles. The molecule has 0 aliphatic rings. The van der Waals surface area contributed by atoms with E-state index >= 15 is 0 Å². The number of rotatable bonds is 11. The fourth-order valence-electron chi connectivity index (χ4n) is 4.24. The minimum Gasteiger partial charge on any atom is -0.467 e. The van der Waals surface area contributed by atoms with Crippen LogP contribution in [0.4, 0.5) is 16.3 Å². The predicted octanol–water partition coefficient (Wildman–Crippen LogP) is 5.02. The molecule has 2 aromatic heterocycles. The number of nitrogens with zero attached hydrogens (tertiary/aromatic N) is 2. The molecule has 42 heavy (non-hydrogen) atoms. The van der Waals surface area contributed by atoms with Gasteiger partial charge in [-0.25, -0.2) is 9.78 Å². The van der Waals surface area contributed by atoms with Gasteiger partial charge in [-0.3, -0.25) is 9.59 Å². The average Bonchev–Trinajstić information content (AvgIpc) is 3.52. The third-order valence-electron chi connectivity index (χ3n) is 6.07. The van der Waals surface area contributed by atoms with Crippen LogP contribution in [0.2, 0.25) is 0 Å². The Labute approximate surface area is 240 Å². The highest BCUT2D eigenvalue weighted by Crippen LogP contribution is 2.40. The highest BCUT2D eigenvalue weighted by atomic mass is 16.7. The van der Waals surface area contributed by atoms with Crippen LogP contribution in [0.5, 0.6) is 5.75 Å². The summed E-state index contributed by atoms with van der Waals surface area (Å²) in [6.07, 6.45) is 0.0713. The van der Waals surface area contributed by atoms with Gasteiger partial charge in [-0.05, 0) is 54.4 Å². The number of carbonyl (C=O) groups excluding carboxylic acids is 2. The number of amides is 3. The number of anilines is 2. The molecule has 4 aromatic rings. The first-order valence-electron chi connectivity index (χ1n) is 12.7. The van der Waals surface area contributed by atoms with Crippen molar-refractivity contribution in [2.24, 2.45) is 0 Å². The normalized spacial score (nSPS) is 10.4. The van der Waals surface area contributed by atoms with Crippen LogP contribution < -0.4 is 20.7 Å². The van der Waals surface area contributed by atoms with E-state index in [4.69, 9.17) is 24.0 Å². The van der Waals surface area contributed by atoms with Gasteiger partial charge in [0.05, 0.1) is 12.0 Å². The van der Waals surface area contributed by atoms with Crippen molar-refractivity contribution in [1.29, 1.82) is 5.26 Å². The number of furan rings is 1. The molecule has 0 bridgehead atoms. The van der Waals surface area contributed by atoms with Gasteiger partial charge in [0.1, 0.15) is 17.4 Å². The number of carboxylic acid groups (broad SMARTS) is 1. The minimum absolute atomic E-state index is 0.00484. The van der Waals surface area contributed by atoms with Crippen molar-refractivity contribution in [3.63, 3.8) is 0 Å². The Morgan fingerprint density at radius 2 is 1.88 bits per heavy atom. The molecule has 2 heterocycles. The van der Waals surface area contributed by atoms with E-state index in [-0.39, 0.29) is 36.9 Å². The summed E-state index contributed by atoms with van der Waals surface area (Å²) in [4.78, 5) is 40.7. The van der Waals surface area contributed by atoms with Crippen molar-refractivity contribution in [2.45, 2.75) is 13.3 Å². The highest BCUT2D eigenvalue weighted by molar-refractivity contribution is 6.03. The molecular weight excluding hydrogens is 542 g/mol.